The first-order valence-electron chi connectivity index (χ1n) is 8.88. The van der Waals surface area contributed by atoms with Crippen LogP contribution >= 0.6 is 0 Å². The summed E-state index contributed by atoms with van der Waals surface area (Å²) < 4.78 is 33.3. The lowest BCUT2D eigenvalue weighted by molar-refractivity contribution is -0.143. The molecule has 3 rings (SSSR count). The second-order valence-electron chi connectivity index (χ2n) is 6.70. The molecule has 0 fully saturated rings. The van der Waals surface area contributed by atoms with Crippen LogP contribution in [0, 0.1) is 20.8 Å². The Hall–Kier alpha value is -3.04. The molecule has 0 aliphatic heterocycles. The molecule has 0 aliphatic rings. The third kappa shape index (κ3) is 4.69. The smallest absolute Gasteiger partial charge is 0.321 e. The van der Waals surface area contributed by atoms with Crippen LogP contribution in [0.2, 0.25) is 0 Å². The monoisotopic (exact) mass is 415 g/mol. The molecule has 0 bridgehead atoms. The number of nitrogens with zero attached hydrogens (tertiary/aromatic N) is 2. The molecule has 0 aliphatic carbocycles. The number of esters is 1. The van der Waals surface area contributed by atoms with Gasteiger partial charge in [0.2, 0.25) is 10.0 Å². The van der Waals surface area contributed by atoms with Gasteiger partial charge in [-0.25, -0.2) is 13.4 Å². The number of carbonyl (C=O) groups is 1. The summed E-state index contributed by atoms with van der Waals surface area (Å²) in [5.74, 6) is -0.774. The Morgan fingerprint density at radius 2 is 1.86 bits per heavy atom. The molecule has 8 nitrogen and oxygen atoms in total. The van der Waals surface area contributed by atoms with Gasteiger partial charge >= 0.3 is 5.97 Å². The van der Waals surface area contributed by atoms with E-state index in [1.165, 1.54) is 22.6 Å². The number of fused-ring (bicyclic) bond motifs is 1. The van der Waals surface area contributed by atoms with Crippen molar-refractivity contribution < 1.29 is 17.9 Å². The standard InChI is InChI=1S/C20H21N3O5S/c1-13-6-7-17(9-15(13)3)29(26,27)21-11-19(25)28-12-16-10-18(24)23-8-4-5-14(2)20(23)22-16/h4-10,21H,11-12H2,1-3H3. The third-order valence-corrected chi connectivity index (χ3v) is 5.91. The minimum absolute atomic E-state index is 0.0769. The van der Waals surface area contributed by atoms with Crippen LogP contribution in [0.5, 0.6) is 0 Å². The molecule has 29 heavy (non-hydrogen) atoms. The van der Waals surface area contributed by atoms with Gasteiger partial charge < -0.3 is 4.74 Å². The van der Waals surface area contributed by atoms with E-state index in [1.54, 1.807) is 18.3 Å². The van der Waals surface area contributed by atoms with E-state index in [9.17, 15) is 18.0 Å². The number of pyridine rings is 1. The fourth-order valence-electron chi connectivity index (χ4n) is 2.71. The van der Waals surface area contributed by atoms with Crippen molar-refractivity contribution in [1.82, 2.24) is 14.1 Å². The van der Waals surface area contributed by atoms with Crippen molar-refractivity contribution in [3.8, 4) is 0 Å². The summed E-state index contributed by atoms with van der Waals surface area (Å²) in [4.78, 5) is 28.5. The summed E-state index contributed by atoms with van der Waals surface area (Å²) in [6, 6.07) is 9.56. The second-order valence-corrected chi connectivity index (χ2v) is 8.47. The van der Waals surface area contributed by atoms with Gasteiger partial charge in [-0.1, -0.05) is 12.1 Å². The quantitative estimate of drug-likeness (QED) is 0.614. The molecule has 3 aromatic rings. The molecule has 2 heterocycles. The molecule has 9 heteroatoms. The van der Waals surface area contributed by atoms with Crippen molar-refractivity contribution in [3.05, 3.63) is 75.3 Å². The number of rotatable bonds is 6. The third-order valence-electron chi connectivity index (χ3n) is 4.52. The van der Waals surface area contributed by atoms with Gasteiger partial charge in [0.15, 0.2) is 0 Å². The van der Waals surface area contributed by atoms with Crippen molar-refractivity contribution >= 4 is 21.6 Å². The van der Waals surface area contributed by atoms with E-state index in [1.807, 2.05) is 26.8 Å². The zero-order chi connectivity index (χ0) is 21.2. The lowest BCUT2D eigenvalue weighted by atomic mass is 10.1. The van der Waals surface area contributed by atoms with Gasteiger partial charge in [-0.2, -0.15) is 4.72 Å². The minimum Gasteiger partial charge on any atom is -0.458 e. The van der Waals surface area contributed by atoms with Crippen molar-refractivity contribution in [2.24, 2.45) is 0 Å². The summed E-state index contributed by atoms with van der Waals surface area (Å²) in [7, 11) is -3.84. The number of sulfonamides is 1. The molecule has 0 radical (unpaired) electrons. The largest absolute Gasteiger partial charge is 0.458 e. The predicted octanol–water partition coefficient (Wildman–Crippen LogP) is 1.64. The van der Waals surface area contributed by atoms with E-state index in [0.717, 1.165) is 16.7 Å². The Morgan fingerprint density at radius 3 is 2.59 bits per heavy atom. The number of aromatic nitrogens is 2. The highest BCUT2D eigenvalue weighted by Crippen LogP contribution is 2.14. The molecule has 0 atom stereocenters. The fraction of sp³-hybridized carbons (Fsp3) is 0.250. The first-order valence-corrected chi connectivity index (χ1v) is 10.4. The van der Waals surface area contributed by atoms with Gasteiger partial charge in [-0.05, 0) is 55.7 Å². The summed E-state index contributed by atoms with van der Waals surface area (Å²) in [5, 5.41) is 0. The predicted molar refractivity (Wildman–Crippen MR) is 107 cm³/mol. The molecule has 1 N–H and O–H groups in total. The number of nitrogens with one attached hydrogen (secondary N) is 1. The van der Waals surface area contributed by atoms with Gasteiger partial charge in [0.25, 0.3) is 5.56 Å². The highest BCUT2D eigenvalue weighted by Gasteiger charge is 2.17. The number of aryl methyl sites for hydroxylation is 3. The van der Waals surface area contributed by atoms with Crippen molar-refractivity contribution in [3.63, 3.8) is 0 Å². The maximum Gasteiger partial charge on any atom is 0.321 e. The van der Waals surface area contributed by atoms with Crippen LogP contribution in [0.15, 0.2) is 52.3 Å². The van der Waals surface area contributed by atoms with Crippen molar-refractivity contribution in [2.75, 3.05) is 6.54 Å². The van der Waals surface area contributed by atoms with Crippen LogP contribution in [0.4, 0.5) is 0 Å². The van der Waals surface area contributed by atoms with Crippen LogP contribution in [0.1, 0.15) is 22.4 Å². The second kappa shape index (κ2) is 8.14. The summed E-state index contributed by atoms with van der Waals surface area (Å²) in [6.07, 6.45) is 1.61. The Kier molecular flexibility index (Phi) is 5.81. The van der Waals surface area contributed by atoms with Crippen LogP contribution < -0.4 is 10.3 Å². The van der Waals surface area contributed by atoms with E-state index in [4.69, 9.17) is 4.74 Å². The van der Waals surface area contributed by atoms with Crippen LogP contribution in [-0.2, 0) is 26.2 Å². The molecule has 1 aromatic carbocycles. The zero-order valence-electron chi connectivity index (χ0n) is 16.3. The average Bonchev–Trinajstić information content (AvgIpc) is 2.67. The minimum atomic E-state index is -3.84. The zero-order valence-corrected chi connectivity index (χ0v) is 17.1. The number of carbonyl (C=O) groups excluding carboxylic acids is 1. The van der Waals surface area contributed by atoms with E-state index in [0.29, 0.717) is 5.65 Å². The van der Waals surface area contributed by atoms with E-state index < -0.39 is 22.5 Å². The Bertz CT molecular complexity index is 1250. The maximum absolute atomic E-state index is 12.3. The summed E-state index contributed by atoms with van der Waals surface area (Å²) >= 11 is 0. The number of benzene rings is 1. The molecule has 2 aromatic heterocycles. The molecule has 0 amide bonds. The van der Waals surface area contributed by atoms with Gasteiger partial charge in [-0.15, -0.1) is 0 Å². The highest BCUT2D eigenvalue weighted by atomic mass is 32.2. The molecule has 0 spiro atoms. The summed E-state index contributed by atoms with van der Waals surface area (Å²) in [6.45, 7) is 4.75. The fourth-order valence-corrected chi connectivity index (χ4v) is 3.76. The Labute approximate surface area is 168 Å². The van der Waals surface area contributed by atoms with Crippen LogP contribution in [-0.4, -0.2) is 30.3 Å². The normalized spacial score (nSPS) is 11.6. The first kappa shape index (κ1) is 20.7. The molecular weight excluding hydrogens is 394 g/mol. The molecule has 0 saturated heterocycles. The lowest BCUT2D eigenvalue weighted by Crippen LogP contribution is -2.31. The van der Waals surface area contributed by atoms with Crippen molar-refractivity contribution in [1.29, 1.82) is 0 Å². The molecular formula is C20H21N3O5S. The Morgan fingerprint density at radius 1 is 1.10 bits per heavy atom. The van der Waals surface area contributed by atoms with Crippen LogP contribution in [0.3, 0.4) is 0 Å². The van der Waals surface area contributed by atoms with Gasteiger partial charge in [0.05, 0.1) is 10.6 Å². The van der Waals surface area contributed by atoms with Gasteiger partial charge in [0.1, 0.15) is 18.8 Å². The Balaban J connectivity index is 1.64. The van der Waals surface area contributed by atoms with E-state index in [2.05, 4.69) is 9.71 Å². The topological polar surface area (TPSA) is 107 Å². The molecule has 0 saturated carbocycles. The van der Waals surface area contributed by atoms with Crippen molar-refractivity contribution in [2.45, 2.75) is 32.3 Å². The van der Waals surface area contributed by atoms with E-state index >= 15 is 0 Å². The SMILES string of the molecule is Cc1ccc(S(=O)(=O)NCC(=O)OCc2cc(=O)n3cccc(C)c3n2)cc1C. The molecule has 0 unspecified atom stereocenters. The number of hydrogen-bond donors (Lipinski definition) is 1. The molecule has 152 valence electrons. The number of hydrogen-bond acceptors (Lipinski definition) is 6. The number of ether oxygens (including phenoxy) is 1. The average molecular weight is 415 g/mol. The maximum atomic E-state index is 12.3. The van der Waals surface area contributed by atoms with Gasteiger partial charge in [-0.3, -0.25) is 14.0 Å². The lowest BCUT2D eigenvalue weighted by Gasteiger charge is -2.09. The first-order chi connectivity index (χ1) is 13.7. The van der Waals surface area contributed by atoms with Gasteiger partial charge in [0, 0.05) is 12.3 Å². The van der Waals surface area contributed by atoms with E-state index in [-0.39, 0.29) is 22.8 Å². The summed E-state index contributed by atoms with van der Waals surface area (Å²) in [5.41, 5.74) is 3.08. The highest BCUT2D eigenvalue weighted by molar-refractivity contribution is 7.89. The van der Waals surface area contributed by atoms with Crippen LogP contribution in [0.25, 0.3) is 5.65 Å².